The Hall–Kier alpha value is -2.53. The highest BCUT2D eigenvalue weighted by Gasteiger charge is 2.39. The first-order chi connectivity index (χ1) is 12.1. The highest BCUT2D eigenvalue weighted by molar-refractivity contribution is 5.72. The minimum atomic E-state index is -0.773. The zero-order valence-electron chi connectivity index (χ0n) is 14.5. The fourth-order valence-electron chi connectivity index (χ4n) is 3.55. The molecule has 132 valence electrons. The van der Waals surface area contributed by atoms with Crippen molar-refractivity contribution in [3.05, 3.63) is 59.7 Å². The summed E-state index contributed by atoms with van der Waals surface area (Å²) in [5, 5.41) is 9.72. The number of carboxylic acid groups (broad SMARTS) is 1. The van der Waals surface area contributed by atoms with Gasteiger partial charge < -0.3 is 14.6 Å². The van der Waals surface area contributed by atoms with Gasteiger partial charge in [0, 0.05) is 31.1 Å². The Balaban J connectivity index is 1.88. The molecule has 5 heteroatoms. The van der Waals surface area contributed by atoms with Crippen molar-refractivity contribution in [3.63, 3.8) is 0 Å². The molecule has 2 unspecified atom stereocenters. The fraction of sp³-hybridized carbons (Fsp3) is 0.350. The number of aliphatic carboxylic acids is 1. The van der Waals surface area contributed by atoms with Gasteiger partial charge in [0.1, 0.15) is 11.5 Å². The van der Waals surface area contributed by atoms with E-state index >= 15 is 0 Å². The van der Waals surface area contributed by atoms with Crippen LogP contribution in [0.25, 0.3) is 0 Å². The molecule has 25 heavy (non-hydrogen) atoms. The molecule has 0 aromatic heterocycles. The van der Waals surface area contributed by atoms with Crippen molar-refractivity contribution in [2.45, 2.75) is 12.5 Å². The zero-order valence-corrected chi connectivity index (χ0v) is 14.5. The van der Waals surface area contributed by atoms with Crippen molar-refractivity contribution < 1.29 is 19.4 Å². The smallest absolute Gasteiger partial charge is 0.308 e. The predicted octanol–water partition coefficient (Wildman–Crippen LogP) is 3.00. The molecule has 1 N–H and O–H groups in total. The molecule has 0 aliphatic carbocycles. The topological polar surface area (TPSA) is 59.0 Å². The third-order valence-electron chi connectivity index (χ3n) is 4.80. The van der Waals surface area contributed by atoms with Crippen LogP contribution in [0.3, 0.4) is 0 Å². The summed E-state index contributed by atoms with van der Waals surface area (Å²) in [4.78, 5) is 14.0. The Morgan fingerprint density at radius 3 is 2.52 bits per heavy atom. The molecule has 1 heterocycles. The second-order valence-electron chi connectivity index (χ2n) is 6.34. The number of carboxylic acids is 1. The summed E-state index contributed by atoms with van der Waals surface area (Å²) in [6, 6.07) is 15.7. The summed E-state index contributed by atoms with van der Waals surface area (Å²) in [7, 11) is 3.22. The van der Waals surface area contributed by atoms with Crippen LogP contribution in [-0.2, 0) is 11.3 Å². The molecule has 0 saturated carbocycles. The molecule has 0 spiro atoms. The molecule has 0 bridgehead atoms. The van der Waals surface area contributed by atoms with Gasteiger partial charge in [0.05, 0.1) is 20.1 Å². The van der Waals surface area contributed by atoms with Gasteiger partial charge in [-0.2, -0.15) is 0 Å². The lowest BCUT2D eigenvalue weighted by Gasteiger charge is -2.19. The molecule has 3 rings (SSSR count). The van der Waals surface area contributed by atoms with Gasteiger partial charge in [-0.1, -0.05) is 30.3 Å². The molecule has 0 amide bonds. The Morgan fingerprint density at radius 2 is 1.88 bits per heavy atom. The summed E-state index contributed by atoms with van der Waals surface area (Å²) in [6.45, 7) is 1.94. The van der Waals surface area contributed by atoms with E-state index in [1.807, 2.05) is 36.4 Å². The van der Waals surface area contributed by atoms with Gasteiger partial charge in [0.25, 0.3) is 0 Å². The molecule has 0 radical (unpaired) electrons. The minimum absolute atomic E-state index is 0.133. The highest BCUT2D eigenvalue weighted by atomic mass is 16.5. The Morgan fingerprint density at radius 1 is 1.12 bits per heavy atom. The highest BCUT2D eigenvalue weighted by Crippen LogP contribution is 2.39. The third kappa shape index (κ3) is 3.77. The third-order valence-corrected chi connectivity index (χ3v) is 4.80. The normalized spacial score (nSPS) is 20.4. The van der Waals surface area contributed by atoms with Crippen molar-refractivity contribution >= 4 is 5.97 Å². The van der Waals surface area contributed by atoms with Crippen molar-refractivity contribution in [1.29, 1.82) is 0 Å². The van der Waals surface area contributed by atoms with E-state index in [-0.39, 0.29) is 5.92 Å². The van der Waals surface area contributed by atoms with Gasteiger partial charge in [-0.3, -0.25) is 9.69 Å². The van der Waals surface area contributed by atoms with Crippen molar-refractivity contribution in [1.82, 2.24) is 4.90 Å². The van der Waals surface area contributed by atoms with Crippen LogP contribution in [0, 0.1) is 5.92 Å². The second kappa shape index (κ2) is 7.57. The van der Waals surface area contributed by atoms with E-state index in [9.17, 15) is 9.90 Å². The number of rotatable bonds is 6. The molecule has 1 aliphatic heterocycles. The van der Waals surface area contributed by atoms with Gasteiger partial charge >= 0.3 is 5.97 Å². The summed E-state index contributed by atoms with van der Waals surface area (Å²) in [5.74, 6) is 0.0430. The number of nitrogens with zero attached hydrogens (tertiary/aromatic N) is 1. The number of likely N-dealkylation sites (tertiary alicyclic amines) is 1. The average Bonchev–Trinajstić information content (AvgIpc) is 3.06. The number of benzene rings is 2. The van der Waals surface area contributed by atoms with E-state index in [1.54, 1.807) is 14.2 Å². The molecule has 2 aromatic carbocycles. The van der Waals surface area contributed by atoms with Crippen LogP contribution in [0.1, 0.15) is 17.0 Å². The number of methoxy groups -OCH3 is 2. The Labute approximate surface area is 147 Å². The lowest BCUT2D eigenvalue weighted by atomic mass is 9.88. The minimum Gasteiger partial charge on any atom is -0.497 e. The molecule has 1 fully saturated rings. The van der Waals surface area contributed by atoms with Crippen LogP contribution in [0.15, 0.2) is 48.5 Å². The van der Waals surface area contributed by atoms with Crippen LogP contribution in [-0.4, -0.2) is 43.3 Å². The zero-order chi connectivity index (χ0) is 17.8. The molecular weight excluding hydrogens is 318 g/mol. The number of ether oxygens (including phenoxy) is 2. The maximum Gasteiger partial charge on any atom is 0.308 e. The first-order valence-electron chi connectivity index (χ1n) is 8.33. The average molecular weight is 341 g/mol. The van der Waals surface area contributed by atoms with Crippen molar-refractivity contribution in [2.75, 3.05) is 27.3 Å². The molecular formula is C20H23NO4. The molecule has 1 saturated heterocycles. The van der Waals surface area contributed by atoms with Crippen LogP contribution >= 0.6 is 0 Å². The predicted molar refractivity (Wildman–Crippen MR) is 95.1 cm³/mol. The first kappa shape index (κ1) is 17.3. The summed E-state index contributed by atoms with van der Waals surface area (Å²) >= 11 is 0. The lowest BCUT2D eigenvalue weighted by molar-refractivity contribution is -0.141. The van der Waals surface area contributed by atoms with E-state index < -0.39 is 11.9 Å². The van der Waals surface area contributed by atoms with Gasteiger partial charge in [-0.05, 0) is 23.8 Å². The van der Waals surface area contributed by atoms with Crippen LogP contribution in [0.5, 0.6) is 11.5 Å². The Kier molecular flexibility index (Phi) is 5.24. The fourth-order valence-corrected chi connectivity index (χ4v) is 3.55. The van der Waals surface area contributed by atoms with E-state index in [2.05, 4.69) is 17.0 Å². The molecule has 5 nitrogen and oxygen atoms in total. The molecule has 1 aliphatic rings. The number of carbonyl (C=O) groups is 1. The van der Waals surface area contributed by atoms with Crippen LogP contribution in [0.2, 0.25) is 0 Å². The van der Waals surface area contributed by atoms with Gasteiger partial charge in [-0.25, -0.2) is 0 Å². The Bertz CT molecular complexity index is 732. The first-order valence-corrected chi connectivity index (χ1v) is 8.33. The second-order valence-corrected chi connectivity index (χ2v) is 6.34. The summed E-state index contributed by atoms with van der Waals surface area (Å²) in [6.07, 6.45) is 0. The van der Waals surface area contributed by atoms with Crippen molar-refractivity contribution in [2.24, 2.45) is 5.92 Å². The summed E-state index contributed by atoms with van der Waals surface area (Å²) in [5.41, 5.74) is 2.08. The molecule has 2 aromatic rings. The number of hydrogen-bond donors (Lipinski definition) is 1. The van der Waals surface area contributed by atoms with Gasteiger partial charge in [0.2, 0.25) is 0 Å². The van der Waals surface area contributed by atoms with Gasteiger partial charge in [0.15, 0.2) is 0 Å². The quantitative estimate of drug-likeness (QED) is 0.875. The van der Waals surface area contributed by atoms with E-state index in [0.29, 0.717) is 24.6 Å². The molecule has 2 atom stereocenters. The summed E-state index contributed by atoms with van der Waals surface area (Å²) < 4.78 is 10.8. The number of hydrogen-bond acceptors (Lipinski definition) is 4. The van der Waals surface area contributed by atoms with Crippen LogP contribution < -0.4 is 9.47 Å². The SMILES string of the molecule is COc1ccc(OC)c(C2CN(Cc3ccccc3)CC2C(=O)O)c1. The van der Waals surface area contributed by atoms with E-state index in [0.717, 1.165) is 12.1 Å². The largest absolute Gasteiger partial charge is 0.497 e. The monoisotopic (exact) mass is 341 g/mol. The van der Waals surface area contributed by atoms with Crippen molar-refractivity contribution in [3.8, 4) is 11.5 Å². The van der Waals surface area contributed by atoms with Gasteiger partial charge in [-0.15, -0.1) is 0 Å². The van der Waals surface area contributed by atoms with Crippen LogP contribution in [0.4, 0.5) is 0 Å². The van der Waals surface area contributed by atoms with E-state index in [4.69, 9.17) is 9.47 Å². The standard InChI is InChI=1S/C20H23NO4/c1-24-15-8-9-19(25-2)16(10-15)17-12-21(13-18(17)20(22)23)11-14-6-4-3-5-7-14/h3-10,17-18H,11-13H2,1-2H3,(H,22,23). The maximum absolute atomic E-state index is 11.8. The lowest BCUT2D eigenvalue weighted by Crippen LogP contribution is -2.23. The maximum atomic E-state index is 11.8. The van der Waals surface area contributed by atoms with E-state index in [1.165, 1.54) is 5.56 Å².